The average molecular weight is 284 g/mol. The van der Waals surface area contributed by atoms with Gasteiger partial charge in [-0.05, 0) is 24.1 Å². The lowest BCUT2D eigenvalue weighted by atomic mass is 10.1. The van der Waals surface area contributed by atoms with Crippen molar-refractivity contribution >= 4 is 17.6 Å². The minimum Gasteiger partial charge on any atom is -0.478 e. The first-order chi connectivity index (χ1) is 10.1. The van der Waals surface area contributed by atoms with Gasteiger partial charge in [0.1, 0.15) is 0 Å². The molecule has 0 radical (unpaired) electrons. The van der Waals surface area contributed by atoms with Crippen LogP contribution in [0.5, 0.6) is 0 Å². The van der Waals surface area contributed by atoms with Gasteiger partial charge in [-0.3, -0.25) is 4.79 Å². The molecule has 0 aliphatic carbocycles. The van der Waals surface area contributed by atoms with E-state index in [1.807, 2.05) is 30.3 Å². The fraction of sp³-hybridized carbons (Fsp3) is 0.125. The van der Waals surface area contributed by atoms with Crippen LogP contribution in [-0.4, -0.2) is 23.0 Å². The smallest absolute Gasteiger partial charge is 0.337 e. The number of para-hydroxylation sites is 1. The number of carboxylic acids is 1. The number of nitrogens with one attached hydrogen (secondary N) is 1. The Kier molecular flexibility index (Phi) is 4.68. The van der Waals surface area contributed by atoms with Gasteiger partial charge >= 0.3 is 5.97 Å². The molecule has 108 valence electrons. The molecule has 21 heavy (non-hydrogen) atoms. The highest BCUT2D eigenvalue weighted by Crippen LogP contribution is 2.15. The molecule has 1 unspecified atom stereocenters. The van der Waals surface area contributed by atoms with Crippen LogP contribution >= 0.6 is 0 Å². The Bertz CT molecular complexity index is 641. The van der Waals surface area contributed by atoms with Crippen LogP contribution in [0.3, 0.4) is 0 Å². The van der Waals surface area contributed by atoms with E-state index in [9.17, 15) is 9.59 Å². The lowest BCUT2D eigenvalue weighted by Crippen LogP contribution is -2.37. The molecular formula is C16H16N2O3. The highest BCUT2D eigenvalue weighted by atomic mass is 16.4. The third kappa shape index (κ3) is 3.90. The van der Waals surface area contributed by atoms with Gasteiger partial charge < -0.3 is 16.2 Å². The van der Waals surface area contributed by atoms with Crippen molar-refractivity contribution in [3.63, 3.8) is 0 Å². The van der Waals surface area contributed by atoms with Crippen molar-refractivity contribution in [2.24, 2.45) is 5.73 Å². The van der Waals surface area contributed by atoms with E-state index in [1.165, 1.54) is 12.1 Å². The lowest BCUT2D eigenvalue weighted by Gasteiger charge is -2.13. The van der Waals surface area contributed by atoms with Crippen LogP contribution in [0.4, 0.5) is 5.69 Å². The van der Waals surface area contributed by atoms with Gasteiger partial charge in [-0.25, -0.2) is 4.79 Å². The number of nitrogens with two attached hydrogens (primary N) is 1. The van der Waals surface area contributed by atoms with E-state index in [0.29, 0.717) is 6.42 Å². The number of hydrogen-bond acceptors (Lipinski definition) is 3. The molecule has 0 spiro atoms. The van der Waals surface area contributed by atoms with Crippen LogP contribution in [0, 0.1) is 0 Å². The van der Waals surface area contributed by atoms with Crippen molar-refractivity contribution in [1.29, 1.82) is 0 Å². The minimum absolute atomic E-state index is 0.0396. The summed E-state index contributed by atoms with van der Waals surface area (Å²) >= 11 is 0. The minimum atomic E-state index is -1.09. The Morgan fingerprint density at radius 1 is 1.05 bits per heavy atom. The fourth-order valence-electron chi connectivity index (χ4n) is 1.96. The molecule has 0 heterocycles. The quantitative estimate of drug-likeness (QED) is 0.781. The van der Waals surface area contributed by atoms with Crippen LogP contribution in [0.1, 0.15) is 15.9 Å². The zero-order valence-corrected chi connectivity index (χ0v) is 11.3. The van der Waals surface area contributed by atoms with E-state index in [2.05, 4.69) is 5.32 Å². The summed E-state index contributed by atoms with van der Waals surface area (Å²) in [5.41, 5.74) is 7.10. The highest BCUT2D eigenvalue weighted by molar-refractivity contribution is 6.02. The first kappa shape index (κ1) is 14.7. The van der Waals surface area contributed by atoms with Gasteiger partial charge in [-0.15, -0.1) is 0 Å². The zero-order valence-electron chi connectivity index (χ0n) is 11.3. The van der Waals surface area contributed by atoms with E-state index in [4.69, 9.17) is 10.8 Å². The molecule has 5 heteroatoms. The molecule has 2 aromatic carbocycles. The maximum Gasteiger partial charge on any atom is 0.337 e. The van der Waals surface area contributed by atoms with Crippen molar-refractivity contribution in [2.45, 2.75) is 12.5 Å². The molecule has 0 saturated carbocycles. The Morgan fingerprint density at radius 3 is 2.33 bits per heavy atom. The summed E-state index contributed by atoms with van der Waals surface area (Å²) in [7, 11) is 0. The van der Waals surface area contributed by atoms with Crippen molar-refractivity contribution in [1.82, 2.24) is 0 Å². The summed E-state index contributed by atoms with van der Waals surface area (Å²) in [5, 5.41) is 11.6. The Hall–Kier alpha value is -2.66. The zero-order chi connectivity index (χ0) is 15.2. The molecule has 0 aliphatic rings. The standard InChI is InChI=1S/C16H16N2O3/c17-13(10-11-6-2-1-3-7-11)15(19)18-14-9-5-4-8-12(14)16(20)21/h1-9,13H,10,17H2,(H,18,19)(H,20,21). The predicted molar refractivity (Wildman–Crippen MR) is 80.2 cm³/mol. The van der Waals surface area contributed by atoms with Gasteiger partial charge in [0.2, 0.25) is 5.91 Å². The highest BCUT2D eigenvalue weighted by Gasteiger charge is 2.17. The third-order valence-electron chi connectivity index (χ3n) is 3.05. The Labute approximate surface area is 122 Å². The molecule has 2 aromatic rings. The van der Waals surface area contributed by atoms with Crippen molar-refractivity contribution in [3.05, 3.63) is 65.7 Å². The second-order valence-corrected chi connectivity index (χ2v) is 4.64. The molecule has 4 N–H and O–H groups in total. The van der Waals surface area contributed by atoms with Gasteiger partial charge in [-0.2, -0.15) is 0 Å². The number of anilines is 1. The van der Waals surface area contributed by atoms with Crippen molar-refractivity contribution in [3.8, 4) is 0 Å². The third-order valence-corrected chi connectivity index (χ3v) is 3.05. The lowest BCUT2D eigenvalue weighted by molar-refractivity contribution is -0.117. The number of hydrogen-bond donors (Lipinski definition) is 3. The number of carboxylic acid groups (broad SMARTS) is 1. The number of benzene rings is 2. The number of amides is 1. The molecule has 2 rings (SSSR count). The topological polar surface area (TPSA) is 92.4 Å². The van der Waals surface area contributed by atoms with Crippen LogP contribution in [-0.2, 0) is 11.2 Å². The van der Waals surface area contributed by atoms with E-state index >= 15 is 0 Å². The second kappa shape index (κ2) is 6.67. The van der Waals surface area contributed by atoms with Crippen LogP contribution in [0.2, 0.25) is 0 Å². The maximum atomic E-state index is 12.1. The SMILES string of the molecule is NC(Cc1ccccc1)C(=O)Nc1ccccc1C(=O)O. The van der Waals surface area contributed by atoms with Gasteiger partial charge in [0, 0.05) is 0 Å². The molecule has 1 amide bonds. The molecular weight excluding hydrogens is 268 g/mol. The summed E-state index contributed by atoms with van der Waals surface area (Å²) in [6.45, 7) is 0. The Balaban J connectivity index is 2.06. The normalized spacial score (nSPS) is 11.7. The number of aromatic carboxylic acids is 1. The van der Waals surface area contributed by atoms with Crippen molar-refractivity contribution in [2.75, 3.05) is 5.32 Å². The fourth-order valence-corrected chi connectivity index (χ4v) is 1.96. The summed E-state index contributed by atoms with van der Waals surface area (Å²) in [6, 6.07) is 14.9. The summed E-state index contributed by atoms with van der Waals surface area (Å²) < 4.78 is 0. The van der Waals surface area contributed by atoms with Crippen LogP contribution in [0.15, 0.2) is 54.6 Å². The summed E-state index contributed by atoms with van der Waals surface area (Å²) in [6.07, 6.45) is 0.391. The molecule has 0 saturated heterocycles. The Morgan fingerprint density at radius 2 is 1.67 bits per heavy atom. The first-order valence-electron chi connectivity index (χ1n) is 6.50. The number of rotatable bonds is 5. The van der Waals surface area contributed by atoms with Crippen molar-refractivity contribution < 1.29 is 14.7 Å². The largest absolute Gasteiger partial charge is 0.478 e. The van der Waals surface area contributed by atoms with E-state index in [0.717, 1.165) is 5.56 Å². The van der Waals surface area contributed by atoms with Gasteiger partial charge in [0.25, 0.3) is 0 Å². The predicted octanol–water partition coefficient (Wildman–Crippen LogP) is 1.89. The molecule has 0 aliphatic heterocycles. The molecule has 5 nitrogen and oxygen atoms in total. The van der Waals surface area contributed by atoms with Crippen LogP contribution < -0.4 is 11.1 Å². The average Bonchev–Trinajstić information content (AvgIpc) is 2.48. The molecule has 1 atom stereocenters. The van der Waals surface area contributed by atoms with Crippen LogP contribution in [0.25, 0.3) is 0 Å². The van der Waals surface area contributed by atoms with E-state index in [-0.39, 0.29) is 11.3 Å². The number of carbonyl (C=O) groups is 2. The number of carbonyl (C=O) groups excluding carboxylic acids is 1. The maximum absolute atomic E-state index is 12.1. The summed E-state index contributed by atoms with van der Waals surface area (Å²) in [5.74, 6) is -1.50. The van der Waals surface area contributed by atoms with E-state index < -0.39 is 17.9 Å². The van der Waals surface area contributed by atoms with Gasteiger partial charge in [0.15, 0.2) is 0 Å². The first-order valence-corrected chi connectivity index (χ1v) is 6.50. The van der Waals surface area contributed by atoms with E-state index in [1.54, 1.807) is 12.1 Å². The molecule has 0 bridgehead atoms. The molecule has 0 aromatic heterocycles. The summed E-state index contributed by atoms with van der Waals surface area (Å²) in [4.78, 5) is 23.1. The van der Waals surface area contributed by atoms with Gasteiger partial charge in [0.05, 0.1) is 17.3 Å². The second-order valence-electron chi connectivity index (χ2n) is 4.64. The molecule has 0 fully saturated rings. The monoisotopic (exact) mass is 284 g/mol. The van der Waals surface area contributed by atoms with Gasteiger partial charge in [-0.1, -0.05) is 42.5 Å².